The van der Waals surface area contributed by atoms with Gasteiger partial charge in [-0.05, 0) is 128 Å². The van der Waals surface area contributed by atoms with Crippen molar-refractivity contribution in [2.45, 2.75) is 315 Å². The van der Waals surface area contributed by atoms with E-state index in [1.807, 2.05) is 0 Å². The van der Waals surface area contributed by atoms with E-state index in [0.717, 1.165) is 116 Å². The lowest BCUT2D eigenvalue weighted by molar-refractivity contribution is -0.161. The van der Waals surface area contributed by atoms with Gasteiger partial charge in [0.1, 0.15) is 6.61 Å². The maximum atomic E-state index is 12.8. The SMILES string of the molecule is CC/C=C\C/C=C\C/C=C\C/C=C\C/C=C\C/C=C\C/C=C\C/C=C\C/C=C\C/C=C\C/C=C\CCCCCC(=O)OC(COC(=O)CCCCCCCCCCCCCCCCCCCCCCC/C=C\C/C=C\CCCCCCC)COP(=O)(O)OCCN. The summed E-state index contributed by atoms with van der Waals surface area (Å²) in [5.41, 5.74) is 5.40. The van der Waals surface area contributed by atoms with Gasteiger partial charge in [-0.3, -0.25) is 18.6 Å². The van der Waals surface area contributed by atoms with Crippen LogP contribution in [-0.4, -0.2) is 49.3 Å². The molecule has 2 atom stereocenters. The summed E-state index contributed by atoms with van der Waals surface area (Å²) in [6.45, 7) is 3.59. The monoisotopic (exact) mass is 1280 g/mol. The second-order valence-corrected chi connectivity index (χ2v) is 25.5. The summed E-state index contributed by atoms with van der Waals surface area (Å²) < 4.78 is 33.2. The summed E-state index contributed by atoms with van der Waals surface area (Å²) in [6, 6.07) is 0. The van der Waals surface area contributed by atoms with Gasteiger partial charge in [-0.25, -0.2) is 4.57 Å². The smallest absolute Gasteiger partial charge is 0.462 e. The Kier molecular flexibility index (Phi) is 71.1. The highest BCUT2D eigenvalue weighted by molar-refractivity contribution is 7.47. The van der Waals surface area contributed by atoms with Gasteiger partial charge in [0.25, 0.3) is 0 Å². The zero-order valence-corrected chi connectivity index (χ0v) is 59.2. The van der Waals surface area contributed by atoms with E-state index >= 15 is 0 Å². The van der Waals surface area contributed by atoms with Crippen molar-refractivity contribution < 1.29 is 37.6 Å². The van der Waals surface area contributed by atoms with Crippen LogP contribution >= 0.6 is 7.82 Å². The summed E-state index contributed by atoms with van der Waals surface area (Å²) in [4.78, 5) is 35.4. The second kappa shape index (κ2) is 74.7. The molecule has 0 heterocycles. The molecule has 0 aliphatic carbocycles. The van der Waals surface area contributed by atoms with Crippen LogP contribution < -0.4 is 5.73 Å². The van der Waals surface area contributed by atoms with E-state index in [2.05, 4.69) is 172 Å². The zero-order chi connectivity index (χ0) is 65.8. The van der Waals surface area contributed by atoms with Gasteiger partial charge in [0.2, 0.25) is 0 Å². The van der Waals surface area contributed by atoms with Crippen molar-refractivity contribution in [3.05, 3.63) is 158 Å². The number of unbranched alkanes of at least 4 members (excludes halogenated alkanes) is 29. The molecule has 518 valence electrons. The third kappa shape index (κ3) is 74.5. The lowest BCUT2D eigenvalue weighted by Gasteiger charge is -2.19. The van der Waals surface area contributed by atoms with E-state index < -0.39 is 32.5 Å². The van der Waals surface area contributed by atoms with Gasteiger partial charge >= 0.3 is 19.8 Å². The molecule has 0 aromatic carbocycles. The third-order valence-corrected chi connectivity index (χ3v) is 16.4. The molecule has 10 heteroatoms. The summed E-state index contributed by atoms with van der Waals surface area (Å²) in [7, 11) is -4.41. The summed E-state index contributed by atoms with van der Waals surface area (Å²) in [5.74, 6) is -0.867. The summed E-state index contributed by atoms with van der Waals surface area (Å²) >= 11 is 0. The molecule has 0 aliphatic heterocycles. The molecule has 0 aliphatic rings. The summed E-state index contributed by atoms with van der Waals surface area (Å²) in [6.07, 6.45) is 109. The fraction of sp³-hybridized carbons (Fsp3) is 0.654. The molecule has 0 bridgehead atoms. The Hall–Kier alpha value is -4.37. The van der Waals surface area contributed by atoms with E-state index in [0.29, 0.717) is 6.42 Å². The van der Waals surface area contributed by atoms with Crippen molar-refractivity contribution in [3.63, 3.8) is 0 Å². The maximum Gasteiger partial charge on any atom is 0.472 e. The maximum absolute atomic E-state index is 12.8. The molecule has 91 heavy (non-hydrogen) atoms. The highest BCUT2D eigenvalue weighted by atomic mass is 31.2. The van der Waals surface area contributed by atoms with Crippen molar-refractivity contribution in [1.82, 2.24) is 0 Å². The number of allylic oxidation sites excluding steroid dienone is 26. The Morgan fingerprint density at radius 2 is 0.604 bits per heavy atom. The van der Waals surface area contributed by atoms with Gasteiger partial charge in [0, 0.05) is 19.4 Å². The van der Waals surface area contributed by atoms with Crippen molar-refractivity contribution >= 4 is 19.8 Å². The number of phosphoric acid groups is 1. The first-order valence-electron chi connectivity index (χ1n) is 37.0. The van der Waals surface area contributed by atoms with Crippen LogP contribution in [0.5, 0.6) is 0 Å². The number of nitrogens with two attached hydrogens (primary N) is 1. The number of esters is 2. The number of carbonyl (C=O) groups excluding carboxylic acids is 2. The van der Waals surface area contributed by atoms with E-state index in [1.165, 1.54) is 161 Å². The minimum atomic E-state index is -4.41. The standard InChI is InChI=1S/C81H136NO8P/c1-3-5-7-9-11-13-15-17-19-21-23-25-27-29-31-33-35-37-38-39-40-42-44-46-48-50-52-54-56-58-60-62-64-66-68-70-72-74-81(84)90-79(78-89-91(85,86)88-76-75-82)77-87-80(83)73-71-69-67-65-63-61-59-57-55-53-51-49-47-45-43-41-36-34-32-30-28-26-24-22-20-18-16-14-12-10-8-6-4-2/h5,7,11,13,16-19,22-25,29,31,35,37,39-40,44,46,50,52,56,58,62,64,79H,3-4,6,8-10,12,14-15,20-21,26-28,30,32-34,36,38,41-43,45,47-49,51,53-55,57,59-61,63,65-78,82H2,1-2H3,(H,85,86)/b7-5-,13-11-,18-16-,19-17-,24-22-,25-23-,31-29-,37-35-,40-39-,46-44-,52-50-,58-56-,64-62-. The molecule has 0 aromatic heterocycles. The molecular weight excluding hydrogens is 1150 g/mol. The Labute approximate surface area is 559 Å². The molecule has 0 saturated carbocycles. The van der Waals surface area contributed by atoms with Crippen LogP contribution in [-0.2, 0) is 32.7 Å². The molecule has 0 amide bonds. The molecule has 0 aromatic rings. The van der Waals surface area contributed by atoms with Crippen molar-refractivity contribution in [1.29, 1.82) is 0 Å². The quantitative estimate of drug-likeness (QED) is 0.0264. The highest BCUT2D eigenvalue weighted by Crippen LogP contribution is 2.43. The fourth-order valence-electron chi connectivity index (χ4n) is 9.97. The van der Waals surface area contributed by atoms with Gasteiger partial charge in [-0.1, -0.05) is 326 Å². The molecule has 3 N–H and O–H groups in total. The second-order valence-electron chi connectivity index (χ2n) is 24.1. The fourth-order valence-corrected chi connectivity index (χ4v) is 10.7. The number of carbonyl (C=O) groups is 2. The largest absolute Gasteiger partial charge is 0.472 e. The van der Waals surface area contributed by atoms with Crippen LogP contribution in [0.15, 0.2) is 158 Å². The number of phosphoric ester groups is 1. The van der Waals surface area contributed by atoms with Crippen molar-refractivity contribution in [2.24, 2.45) is 5.73 Å². The average molecular weight is 1280 g/mol. The lowest BCUT2D eigenvalue weighted by Crippen LogP contribution is -2.29. The van der Waals surface area contributed by atoms with Crippen molar-refractivity contribution in [3.8, 4) is 0 Å². The molecular formula is C81H136NO8P. The highest BCUT2D eigenvalue weighted by Gasteiger charge is 2.26. The molecule has 0 radical (unpaired) electrons. The van der Waals surface area contributed by atoms with Crippen LogP contribution in [0.2, 0.25) is 0 Å². The normalized spacial score (nSPS) is 13.8. The Balaban J connectivity index is 3.97. The number of rotatable bonds is 68. The Morgan fingerprint density at radius 3 is 0.912 bits per heavy atom. The van der Waals surface area contributed by atoms with Crippen LogP contribution in [0, 0.1) is 0 Å². The van der Waals surface area contributed by atoms with Crippen LogP contribution in [0.25, 0.3) is 0 Å². The van der Waals surface area contributed by atoms with Gasteiger partial charge < -0.3 is 20.1 Å². The van der Waals surface area contributed by atoms with E-state index in [4.69, 9.17) is 24.3 Å². The van der Waals surface area contributed by atoms with Crippen LogP contribution in [0.4, 0.5) is 0 Å². The van der Waals surface area contributed by atoms with Crippen LogP contribution in [0.1, 0.15) is 309 Å². The Morgan fingerprint density at radius 1 is 0.341 bits per heavy atom. The van der Waals surface area contributed by atoms with E-state index in [-0.39, 0.29) is 32.6 Å². The molecule has 9 nitrogen and oxygen atoms in total. The first kappa shape index (κ1) is 86.6. The molecule has 0 saturated heterocycles. The van der Waals surface area contributed by atoms with Gasteiger partial charge in [-0.2, -0.15) is 0 Å². The van der Waals surface area contributed by atoms with E-state index in [9.17, 15) is 19.0 Å². The number of hydrogen-bond donors (Lipinski definition) is 2. The third-order valence-electron chi connectivity index (χ3n) is 15.4. The minimum absolute atomic E-state index is 0.0408. The lowest BCUT2D eigenvalue weighted by atomic mass is 10.0. The van der Waals surface area contributed by atoms with Crippen molar-refractivity contribution in [2.75, 3.05) is 26.4 Å². The molecule has 0 fully saturated rings. The van der Waals surface area contributed by atoms with Gasteiger partial charge in [-0.15, -0.1) is 0 Å². The molecule has 2 unspecified atom stereocenters. The number of ether oxygens (including phenoxy) is 2. The zero-order valence-electron chi connectivity index (χ0n) is 58.3. The molecule has 0 spiro atoms. The average Bonchev–Trinajstić information content (AvgIpc) is 3.74. The van der Waals surface area contributed by atoms with Crippen LogP contribution in [0.3, 0.4) is 0 Å². The Bertz CT molecular complexity index is 2050. The topological polar surface area (TPSA) is 134 Å². The first-order chi connectivity index (χ1) is 44.8. The predicted molar refractivity (Wildman–Crippen MR) is 394 cm³/mol. The molecule has 0 rings (SSSR count). The number of hydrogen-bond acceptors (Lipinski definition) is 8. The summed E-state index contributed by atoms with van der Waals surface area (Å²) in [5, 5.41) is 0. The predicted octanol–water partition coefficient (Wildman–Crippen LogP) is 24.7. The van der Waals surface area contributed by atoms with E-state index in [1.54, 1.807) is 0 Å². The minimum Gasteiger partial charge on any atom is -0.462 e. The van der Waals surface area contributed by atoms with Gasteiger partial charge in [0.15, 0.2) is 6.10 Å². The van der Waals surface area contributed by atoms with Gasteiger partial charge in [0.05, 0.1) is 13.2 Å². The first-order valence-corrected chi connectivity index (χ1v) is 38.5.